The van der Waals surface area contributed by atoms with E-state index in [-0.39, 0.29) is 12.5 Å². The van der Waals surface area contributed by atoms with Crippen LogP contribution in [0.5, 0.6) is 0 Å². The van der Waals surface area contributed by atoms with Crippen LogP contribution >= 0.6 is 0 Å². The Bertz CT molecular complexity index is 1300. The smallest absolute Gasteiger partial charge is 0.244 e. The van der Waals surface area contributed by atoms with Gasteiger partial charge in [-0.05, 0) is 42.8 Å². The largest absolute Gasteiger partial charge is 0.355 e. The lowest BCUT2D eigenvalue weighted by atomic mass is 10.1. The summed E-state index contributed by atoms with van der Waals surface area (Å²) in [6, 6.07) is 19.8. The molecule has 0 bridgehead atoms. The molecule has 0 unspecified atom stereocenters. The number of rotatable bonds is 10. The molecule has 0 heterocycles. The van der Waals surface area contributed by atoms with Crippen LogP contribution < -0.4 is 9.62 Å². The van der Waals surface area contributed by atoms with Crippen LogP contribution in [-0.2, 0) is 26.2 Å². The van der Waals surface area contributed by atoms with E-state index in [1.165, 1.54) is 4.90 Å². The van der Waals surface area contributed by atoms with Gasteiger partial charge in [-0.1, -0.05) is 67.6 Å². The number of hydrogen-bond acceptors (Lipinski definition) is 4. The maximum absolute atomic E-state index is 13.8. The van der Waals surface area contributed by atoms with Crippen molar-refractivity contribution in [1.82, 2.24) is 10.2 Å². The van der Waals surface area contributed by atoms with Gasteiger partial charge in [-0.15, -0.1) is 0 Å². The molecule has 1 N–H and O–H groups in total. The molecule has 3 aromatic rings. The summed E-state index contributed by atoms with van der Waals surface area (Å²) in [5.74, 6) is -0.697. The number of likely N-dealkylation sites (N-methyl/N-ethyl adjacent to an activating group) is 1. The minimum absolute atomic E-state index is 0.203. The highest BCUT2D eigenvalue weighted by atomic mass is 32.2. The van der Waals surface area contributed by atoms with Crippen LogP contribution in [0.15, 0.2) is 66.7 Å². The molecule has 0 spiro atoms. The van der Waals surface area contributed by atoms with Crippen molar-refractivity contribution in [2.24, 2.45) is 0 Å². The molecule has 0 aliphatic heterocycles. The van der Waals surface area contributed by atoms with Crippen LogP contribution in [0, 0.1) is 6.92 Å². The topological polar surface area (TPSA) is 86.8 Å². The van der Waals surface area contributed by atoms with Gasteiger partial charge in [0.05, 0.1) is 11.9 Å². The van der Waals surface area contributed by atoms with E-state index in [2.05, 4.69) is 5.32 Å². The van der Waals surface area contributed by atoms with E-state index in [9.17, 15) is 18.0 Å². The molecule has 0 aliphatic rings. The predicted molar refractivity (Wildman–Crippen MR) is 141 cm³/mol. The number of nitrogens with zero attached hydrogens (tertiary/aromatic N) is 2. The molecule has 0 saturated heterocycles. The number of sulfonamides is 1. The third kappa shape index (κ3) is 6.19. The zero-order valence-electron chi connectivity index (χ0n) is 20.7. The second-order valence-electron chi connectivity index (χ2n) is 8.53. The predicted octanol–water partition coefficient (Wildman–Crippen LogP) is 3.86. The van der Waals surface area contributed by atoms with Gasteiger partial charge in [0.25, 0.3) is 0 Å². The highest BCUT2D eigenvalue weighted by Gasteiger charge is 2.32. The lowest BCUT2D eigenvalue weighted by Crippen LogP contribution is -2.52. The Labute approximate surface area is 207 Å². The van der Waals surface area contributed by atoms with Gasteiger partial charge in [-0.25, -0.2) is 8.42 Å². The van der Waals surface area contributed by atoms with Crippen LogP contribution in [-0.4, -0.2) is 50.5 Å². The Hall–Kier alpha value is -3.39. The second-order valence-corrected chi connectivity index (χ2v) is 10.4. The van der Waals surface area contributed by atoms with Crippen molar-refractivity contribution in [3.05, 3.63) is 77.9 Å². The molecule has 1 atom stereocenters. The molecule has 0 aliphatic carbocycles. The molecule has 7 nitrogen and oxygen atoms in total. The second kappa shape index (κ2) is 11.4. The summed E-state index contributed by atoms with van der Waals surface area (Å²) in [6.07, 6.45) is 1.49. The summed E-state index contributed by atoms with van der Waals surface area (Å²) in [4.78, 5) is 28.2. The Morgan fingerprint density at radius 1 is 0.943 bits per heavy atom. The SMILES string of the molecule is CCNC(=O)[C@@H](CC)N(Cc1ccccc1C)C(=O)CN(c1cccc2ccccc12)S(C)(=O)=O. The summed E-state index contributed by atoms with van der Waals surface area (Å²) in [7, 11) is -3.80. The summed E-state index contributed by atoms with van der Waals surface area (Å²) in [6.45, 7) is 5.85. The number of carbonyl (C=O) groups excluding carboxylic acids is 2. The molecule has 0 aromatic heterocycles. The first-order valence-corrected chi connectivity index (χ1v) is 13.6. The van der Waals surface area contributed by atoms with E-state index < -0.39 is 28.5 Å². The van der Waals surface area contributed by atoms with Crippen LogP contribution in [0.25, 0.3) is 10.8 Å². The third-order valence-electron chi connectivity index (χ3n) is 6.05. The number of amides is 2. The molecule has 0 saturated carbocycles. The number of benzene rings is 3. The van der Waals surface area contributed by atoms with E-state index in [1.807, 2.05) is 75.4 Å². The maximum Gasteiger partial charge on any atom is 0.244 e. The van der Waals surface area contributed by atoms with Gasteiger partial charge >= 0.3 is 0 Å². The normalized spacial score (nSPS) is 12.2. The van der Waals surface area contributed by atoms with Crippen molar-refractivity contribution >= 4 is 38.3 Å². The van der Waals surface area contributed by atoms with E-state index >= 15 is 0 Å². The van der Waals surface area contributed by atoms with Gasteiger partial charge in [0, 0.05) is 18.5 Å². The summed E-state index contributed by atoms with van der Waals surface area (Å²) in [5, 5.41) is 4.41. The maximum atomic E-state index is 13.8. The van der Waals surface area contributed by atoms with Crippen molar-refractivity contribution in [2.75, 3.05) is 23.7 Å². The van der Waals surface area contributed by atoms with Crippen LogP contribution in [0.4, 0.5) is 5.69 Å². The average Bonchev–Trinajstić information content (AvgIpc) is 2.82. The van der Waals surface area contributed by atoms with Crippen molar-refractivity contribution < 1.29 is 18.0 Å². The first kappa shape index (κ1) is 26.2. The van der Waals surface area contributed by atoms with E-state index in [0.29, 0.717) is 18.7 Å². The minimum atomic E-state index is -3.80. The number of anilines is 1. The zero-order valence-corrected chi connectivity index (χ0v) is 21.5. The van der Waals surface area contributed by atoms with Crippen molar-refractivity contribution in [2.45, 2.75) is 39.8 Å². The number of aryl methyl sites for hydroxylation is 1. The molecule has 0 fully saturated rings. The number of carbonyl (C=O) groups is 2. The van der Waals surface area contributed by atoms with Gasteiger partial charge in [-0.3, -0.25) is 13.9 Å². The van der Waals surface area contributed by atoms with Crippen LogP contribution in [0.2, 0.25) is 0 Å². The van der Waals surface area contributed by atoms with E-state index in [0.717, 1.165) is 32.5 Å². The van der Waals surface area contributed by atoms with Gasteiger partial charge in [0.1, 0.15) is 12.6 Å². The van der Waals surface area contributed by atoms with Gasteiger partial charge in [0.15, 0.2) is 0 Å². The lowest BCUT2D eigenvalue weighted by Gasteiger charge is -2.33. The molecule has 3 rings (SSSR count). The molecule has 8 heteroatoms. The molecule has 3 aromatic carbocycles. The first-order chi connectivity index (χ1) is 16.7. The Balaban J connectivity index is 2.04. The van der Waals surface area contributed by atoms with Crippen molar-refractivity contribution in [3.8, 4) is 0 Å². The number of fused-ring (bicyclic) bond motifs is 1. The van der Waals surface area contributed by atoms with Crippen LogP contribution in [0.1, 0.15) is 31.4 Å². The first-order valence-electron chi connectivity index (χ1n) is 11.7. The molecule has 0 radical (unpaired) electrons. The summed E-state index contributed by atoms with van der Waals surface area (Å²) < 4.78 is 26.9. The highest BCUT2D eigenvalue weighted by Crippen LogP contribution is 2.29. The van der Waals surface area contributed by atoms with Gasteiger partial charge in [0.2, 0.25) is 21.8 Å². The number of nitrogens with one attached hydrogen (secondary N) is 1. The van der Waals surface area contributed by atoms with Crippen LogP contribution in [0.3, 0.4) is 0 Å². The lowest BCUT2D eigenvalue weighted by molar-refractivity contribution is -0.140. The van der Waals surface area contributed by atoms with E-state index in [1.54, 1.807) is 12.1 Å². The quantitative estimate of drug-likeness (QED) is 0.463. The molecular weight excluding hydrogens is 462 g/mol. The van der Waals surface area contributed by atoms with Crippen molar-refractivity contribution in [1.29, 1.82) is 0 Å². The van der Waals surface area contributed by atoms with Gasteiger partial charge in [-0.2, -0.15) is 0 Å². The third-order valence-corrected chi connectivity index (χ3v) is 7.18. The standard InChI is InChI=1S/C27H33N3O4S/c1-5-24(27(32)28-6-2)29(18-22-14-8-7-12-20(22)3)26(31)19-30(35(4,33)34)25-17-11-15-21-13-9-10-16-23(21)25/h7-17,24H,5-6,18-19H2,1-4H3,(H,28,32)/t24-/m1/s1. The fraction of sp³-hybridized carbons (Fsp3) is 0.333. The summed E-state index contributed by atoms with van der Waals surface area (Å²) >= 11 is 0. The average molecular weight is 496 g/mol. The molecule has 186 valence electrons. The Kier molecular flexibility index (Phi) is 8.51. The zero-order chi connectivity index (χ0) is 25.6. The highest BCUT2D eigenvalue weighted by molar-refractivity contribution is 7.92. The minimum Gasteiger partial charge on any atom is -0.355 e. The van der Waals surface area contributed by atoms with E-state index in [4.69, 9.17) is 0 Å². The molecule has 2 amide bonds. The van der Waals surface area contributed by atoms with Crippen molar-refractivity contribution in [3.63, 3.8) is 0 Å². The molecule has 35 heavy (non-hydrogen) atoms. The molecular formula is C27H33N3O4S. The monoisotopic (exact) mass is 495 g/mol. The Morgan fingerprint density at radius 2 is 1.60 bits per heavy atom. The fourth-order valence-electron chi connectivity index (χ4n) is 4.20. The number of hydrogen-bond donors (Lipinski definition) is 1. The summed E-state index contributed by atoms with van der Waals surface area (Å²) in [5.41, 5.74) is 2.32. The fourth-order valence-corrected chi connectivity index (χ4v) is 5.06. The Morgan fingerprint density at radius 3 is 2.26 bits per heavy atom. The van der Waals surface area contributed by atoms with Gasteiger partial charge < -0.3 is 10.2 Å².